The number of quaternary nitrogens is 1. The van der Waals surface area contributed by atoms with Crippen LogP contribution in [0, 0.1) is 0 Å². The second-order valence-electron chi connectivity index (χ2n) is 6.95. The van der Waals surface area contributed by atoms with Crippen molar-refractivity contribution in [1.29, 1.82) is 0 Å². The number of amides is 2. The van der Waals surface area contributed by atoms with Crippen LogP contribution in [0.15, 0.2) is 77.4 Å². The second-order valence-corrected chi connectivity index (χ2v) is 6.95. The van der Waals surface area contributed by atoms with Crippen molar-refractivity contribution in [3.63, 3.8) is 0 Å². The molecule has 156 valence electrons. The van der Waals surface area contributed by atoms with Gasteiger partial charge in [0.2, 0.25) is 0 Å². The first-order chi connectivity index (χ1) is 14.6. The summed E-state index contributed by atoms with van der Waals surface area (Å²) in [6, 6.07) is 20.6. The summed E-state index contributed by atoms with van der Waals surface area (Å²) < 4.78 is 5.58. The third-order valence-corrected chi connectivity index (χ3v) is 5.01. The lowest BCUT2D eigenvalue weighted by Gasteiger charge is -2.18. The number of nitrogens with two attached hydrogens (primary N) is 1. The highest BCUT2D eigenvalue weighted by Crippen LogP contribution is 2.18. The second kappa shape index (κ2) is 10.4. The normalized spacial score (nSPS) is 11.7. The highest BCUT2D eigenvalue weighted by molar-refractivity contribution is 5.96. The lowest BCUT2D eigenvalue weighted by Crippen LogP contribution is -2.87. The quantitative estimate of drug-likeness (QED) is 0.573. The van der Waals surface area contributed by atoms with E-state index in [0.29, 0.717) is 24.3 Å². The predicted molar refractivity (Wildman–Crippen MR) is 116 cm³/mol. The first-order valence-corrected chi connectivity index (χ1v) is 10.2. The Morgan fingerprint density at radius 3 is 2.27 bits per heavy atom. The molecule has 3 rings (SSSR count). The van der Waals surface area contributed by atoms with Crippen molar-refractivity contribution in [2.45, 2.75) is 19.9 Å². The summed E-state index contributed by atoms with van der Waals surface area (Å²) in [7, 11) is 0. The lowest BCUT2D eigenvalue weighted by atomic mass is 10.0. The molecule has 2 amide bonds. The lowest BCUT2D eigenvalue weighted by molar-refractivity contribution is -0.678. The van der Waals surface area contributed by atoms with Crippen molar-refractivity contribution < 1.29 is 19.3 Å². The van der Waals surface area contributed by atoms with Crippen molar-refractivity contribution in [3.05, 3.63) is 89.9 Å². The van der Waals surface area contributed by atoms with Gasteiger partial charge >= 0.3 is 0 Å². The van der Waals surface area contributed by atoms with Crippen LogP contribution in [0.2, 0.25) is 0 Å². The van der Waals surface area contributed by atoms with Crippen molar-refractivity contribution in [2.75, 3.05) is 25.0 Å². The van der Waals surface area contributed by atoms with Gasteiger partial charge in [-0.2, -0.15) is 0 Å². The number of rotatable bonds is 9. The zero-order chi connectivity index (χ0) is 21.3. The number of hydrogen-bond donors (Lipinski definition) is 2. The van der Waals surface area contributed by atoms with Crippen molar-refractivity contribution in [1.82, 2.24) is 4.90 Å². The van der Waals surface area contributed by atoms with E-state index in [4.69, 9.17) is 4.42 Å². The molecular formula is C24H28N3O3+. The Balaban J connectivity index is 1.60. The van der Waals surface area contributed by atoms with Gasteiger partial charge in [0.15, 0.2) is 18.3 Å². The number of anilines is 1. The van der Waals surface area contributed by atoms with Crippen molar-refractivity contribution in [3.8, 4) is 0 Å². The summed E-state index contributed by atoms with van der Waals surface area (Å²) in [6.07, 6.45) is 1.64. The van der Waals surface area contributed by atoms with Gasteiger partial charge < -0.3 is 20.0 Å². The van der Waals surface area contributed by atoms with Crippen LogP contribution < -0.4 is 10.6 Å². The molecule has 6 heteroatoms. The highest BCUT2D eigenvalue weighted by Gasteiger charge is 2.21. The predicted octanol–water partition coefficient (Wildman–Crippen LogP) is 3.05. The molecule has 0 aliphatic rings. The first-order valence-electron chi connectivity index (χ1n) is 10.2. The smallest absolute Gasteiger partial charge is 0.279 e. The maximum atomic E-state index is 12.5. The molecule has 0 aliphatic heterocycles. The molecule has 0 bridgehead atoms. The molecule has 3 aromatic rings. The number of nitrogens with one attached hydrogen (secondary N) is 1. The summed E-state index contributed by atoms with van der Waals surface area (Å²) in [5.74, 6) is 0.675. The molecule has 6 nitrogen and oxygen atoms in total. The number of benzene rings is 2. The maximum Gasteiger partial charge on any atom is 0.279 e. The van der Waals surface area contributed by atoms with Gasteiger partial charge in [0.05, 0.1) is 6.26 Å². The zero-order valence-corrected chi connectivity index (χ0v) is 17.4. The van der Waals surface area contributed by atoms with Crippen molar-refractivity contribution in [2.24, 2.45) is 0 Å². The average Bonchev–Trinajstić information content (AvgIpc) is 3.30. The number of nitrogens with zero attached hydrogens (tertiary/aromatic N) is 1. The minimum Gasteiger partial charge on any atom is -0.463 e. The SMILES string of the molecule is CCN(CC)C(=O)c1ccc(NC(=O)C[NH2+][C@H](c2ccccc2)c2ccco2)cc1. The Morgan fingerprint density at radius 1 is 0.967 bits per heavy atom. The maximum absolute atomic E-state index is 12.5. The Hall–Kier alpha value is -3.38. The topological polar surface area (TPSA) is 79.2 Å². The van der Waals surface area contributed by atoms with Crippen LogP contribution >= 0.6 is 0 Å². The van der Waals surface area contributed by atoms with E-state index in [1.165, 1.54) is 0 Å². The van der Waals surface area contributed by atoms with E-state index in [-0.39, 0.29) is 24.4 Å². The molecule has 0 saturated heterocycles. The van der Waals surface area contributed by atoms with Crippen LogP contribution in [0.25, 0.3) is 0 Å². The summed E-state index contributed by atoms with van der Waals surface area (Å²) in [4.78, 5) is 26.6. The van der Waals surface area contributed by atoms with E-state index < -0.39 is 0 Å². The summed E-state index contributed by atoms with van der Waals surface area (Å²) >= 11 is 0. The highest BCUT2D eigenvalue weighted by atomic mass is 16.3. The molecular weight excluding hydrogens is 378 g/mol. The van der Waals surface area contributed by atoms with Gasteiger partial charge in [-0.05, 0) is 50.2 Å². The third kappa shape index (κ3) is 5.36. The van der Waals surface area contributed by atoms with E-state index in [1.807, 2.05) is 61.6 Å². The van der Waals surface area contributed by atoms with Gasteiger partial charge in [0, 0.05) is 29.9 Å². The molecule has 0 unspecified atom stereocenters. The largest absolute Gasteiger partial charge is 0.463 e. The van der Waals surface area contributed by atoms with E-state index in [2.05, 4.69) is 5.32 Å². The molecule has 3 N–H and O–H groups in total. The Bertz CT molecular complexity index is 934. The van der Waals surface area contributed by atoms with Gasteiger partial charge in [0.1, 0.15) is 0 Å². The number of hydrogen-bond acceptors (Lipinski definition) is 3. The fourth-order valence-electron chi connectivity index (χ4n) is 3.37. The molecule has 0 saturated carbocycles. The fourth-order valence-corrected chi connectivity index (χ4v) is 3.37. The monoisotopic (exact) mass is 406 g/mol. The van der Waals surface area contributed by atoms with E-state index in [1.54, 1.807) is 35.4 Å². The minimum absolute atomic E-state index is 0.00430. The average molecular weight is 407 g/mol. The summed E-state index contributed by atoms with van der Waals surface area (Å²) in [6.45, 7) is 5.49. The van der Waals surface area contributed by atoms with E-state index >= 15 is 0 Å². The molecule has 0 spiro atoms. The zero-order valence-electron chi connectivity index (χ0n) is 17.4. The minimum atomic E-state index is -0.120. The molecule has 1 heterocycles. The van der Waals surface area contributed by atoms with Gasteiger partial charge in [0.25, 0.3) is 11.8 Å². The van der Waals surface area contributed by atoms with Crippen LogP contribution in [0.4, 0.5) is 5.69 Å². The Kier molecular flexibility index (Phi) is 7.40. The van der Waals surface area contributed by atoms with Gasteiger partial charge in [-0.3, -0.25) is 9.59 Å². The number of carbonyl (C=O) groups excluding carboxylic acids is 2. The molecule has 30 heavy (non-hydrogen) atoms. The Morgan fingerprint density at radius 2 is 1.67 bits per heavy atom. The molecule has 1 aromatic heterocycles. The van der Waals surface area contributed by atoms with Crippen LogP contribution in [0.1, 0.15) is 41.6 Å². The molecule has 1 atom stereocenters. The van der Waals surface area contributed by atoms with Crippen LogP contribution in [0.5, 0.6) is 0 Å². The first kappa shape index (κ1) is 21.3. The number of carbonyl (C=O) groups is 2. The van der Waals surface area contributed by atoms with E-state index in [9.17, 15) is 9.59 Å². The third-order valence-electron chi connectivity index (χ3n) is 5.01. The van der Waals surface area contributed by atoms with Gasteiger partial charge in [-0.1, -0.05) is 30.3 Å². The van der Waals surface area contributed by atoms with Crippen LogP contribution in [0.3, 0.4) is 0 Å². The van der Waals surface area contributed by atoms with Crippen LogP contribution in [-0.4, -0.2) is 36.3 Å². The molecule has 2 aromatic carbocycles. The molecule has 0 aliphatic carbocycles. The van der Waals surface area contributed by atoms with Crippen molar-refractivity contribution >= 4 is 17.5 Å². The van der Waals surface area contributed by atoms with Gasteiger partial charge in [-0.25, -0.2) is 0 Å². The fraction of sp³-hybridized carbons (Fsp3) is 0.250. The van der Waals surface area contributed by atoms with Gasteiger partial charge in [-0.15, -0.1) is 0 Å². The van der Waals surface area contributed by atoms with Crippen LogP contribution in [-0.2, 0) is 4.79 Å². The summed E-state index contributed by atoms with van der Waals surface area (Å²) in [5.41, 5.74) is 2.35. The van der Waals surface area contributed by atoms with E-state index in [0.717, 1.165) is 11.3 Å². The molecule has 0 radical (unpaired) electrons. The molecule has 0 fully saturated rings. The Labute approximate surface area is 176 Å². The standard InChI is InChI=1S/C24H27N3O3/c1-3-27(4-2)24(29)19-12-14-20(15-13-19)26-22(28)17-25-23(21-11-8-16-30-21)18-9-6-5-7-10-18/h5-16,23,25H,3-4,17H2,1-2H3,(H,26,28)/p+1/t23-/m1/s1. The summed E-state index contributed by atoms with van der Waals surface area (Å²) in [5, 5.41) is 4.84. The number of furan rings is 1.